The first-order valence-electron chi connectivity index (χ1n) is 7.04. The Kier molecular flexibility index (Phi) is 6.68. The van der Waals surface area contributed by atoms with E-state index in [-0.39, 0.29) is 23.6 Å². The Bertz CT molecular complexity index is 484. The third-order valence-corrected chi connectivity index (χ3v) is 3.60. The maximum absolute atomic E-state index is 13.9. The van der Waals surface area contributed by atoms with E-state index in [1.54, 1.807) is 6.07 Å². The van der Waals surface area contributed by atoms with Crippen molar-refractivity contribution < 1.29 is 13.9 Å². The smallest absolute Gasteiger partial charge is 0.316 e. The van der Waals surface area contributed by atoms with Crippen LogP contribution in [0.3, 0.4) is 0 Å². The Morgan fingerprint density at radius 3 is 2.62 bits per heavy atom. The van der Waals surface area contributed by atoms with Gasteiger partial charge in [0.25, 0.3) is 0 Å². The predicted octanol–water partition coefficient (Wildman–Crippen LogP) is 3.76. The maximum atomic E-state index is 13.9. The highest BCUT2D eigenvalue weighted by molar-refractivity contribution is 8.00. The van der Waals surface area contributed by atoms with E-state index >= 15 is 0 Å². The van der Waals surface area contributed by atoms with Gasteiger partial charge in [0.05, 0.1) is 5.75 Å². The number of carbonyl (C=O) groups excluding carboxylic acids is 1. The molecule has 1 aromatic rings. The highest BCUT2D eigenvalue weighted by atomic mass is 32.2. The van der Waals surface area contributed by atoms with Crippen LogP contribution in [0.25, 0.3) is 0 Å². The molecule has 1 rings (SSSR count). The second-order valence-electron chi connectivity index (χ2n) is 6.13. The Morgan fingerprint density at radius 1 is 1.38 bits per heavy atom. The van der Waals surface area contributed by atoms with Crippen molar-refractivity contribution in [2.45, 2.75) is 57.7 Å². The summed E-state index contributed by atoms with van der Waals surface area (Å²) in [5.41, 5.74) is 0.0986. The van der Waals surface area contributed by atoms with Crippen molar-refractivity contribution in [2.75, 3.05) is 5.75 Å². The van der Waals surface area contributed by atoms with Crippen LogP contribution < -0.4 is 5.32 Å². The number of ether oxygens (including phenoxy) is 1. The van der Waals surface area contributed by atoms with Gasteiger partial charge in [-0.2, -0.15) is 0 Å². The third-order valence-electron chi connectivity index (χ3n) is 2.53. The van der Waals surface area contributed by atoms with Gasteiger partial charge < -0.3 is 10.1 Å². The zero-order chi connectivity index (χ0) is 16.0. The first-order chi connectivity index (χ1) is 9.69. The molecule has 0 atom stereocenters. The summed E-state index contributed by atoms with van der Waals surface area (Å²) in [5, 5.41) is 3.20. The fourth-order valence-electron chi connectivity index (χ4n) is 1.66. The number of benzene rings is 1. The van der Waals surface area contributed by atoms with Crippen LogP contribution >= 0.6 is 11.8 Å². The van der Waals surface area contributed by atoms with Crippen molar-refractivity contribution in [1.82, 2.24) is 5.32 Å². The molecule has 0 unspecified atom stereocenters. The van der Waals surface area contributed by atoms with Crippen LogP contribution in [-0.4, -0.2) is 23.4 Å². The highest BCUT2D eigenvalue weighted by Gasteiger charge is 2.17. The van der Waals surface area contributed by atoms with Gasteiger partial charge in [0.1, 0.15) is 11.4 Å². The molecular formula is C16H24FNO2S. The van der Waals surface area contributed by atoms with Gasteiger partial charge in [0.15, 0.2) is 0 Å². The van der Waals surface area contributed by atoms with Crippen molar-refractivity contribution in [3.05, 3.63) is 29.6 Å². The molecule has 21 heavy (non-hydrogen) atoms. The molecule has 118 valence electrons. The van der Waals surface area contributed by atoms with E-state index in [0.29, 0.717) is 12.1 Å². The minimum Gasteiger partial charge on any atom is -0.459 e. The van der Waals surface area contributed by atoms with Crippen LogP contribution in [0.2, 0.25) is 0 Å². The van der Waals surface area contributed by atoms with Crippen LogP contribution in [-0.2, 0) is 16.1 Å². The number of hydrogen-bond donors (Lipinski definition) is 1. The van der Waals surface area contributed by atoms with Crippen LogP contribution in [0.1, 0.15) is 40.2 Å². The van der Waals surface area contributed by atoms with Crippen molar-refractivity contribution in [3.8, 4) is 0 Å². The molecular weight excluding hydrogens is 289 g/mol. The number of carbonyl (C=O) groups is 1. The molecule has 0 spiro atoms. The summed E-state index contributed by atoms with van der Waals surface area (Å²) in [5.74, 6) is -0.369. The van der Waals surface area contributed by atoms with Crippen molar-refractivity contribution >= 4 is 17.7 Å². The van der Waals surface area contributed by atoms with Gasteiger partial charge in [-0.25, -0.2) is 4.39 Å². The van der Waals surface area contributed by atoms with Gasteiger partial charge in [-0.05, 0) is 32.9 Å². The third kappa shape index (κ3) is 6.96. The SMILES string of the molecule is CC(C)NCc1c(F)cccc1SCC(=O)OC(C)(C)C. The molecule has 0 radical (unpaired) electrons. The average molecular weight is 313 g/mol. The summed E-state index contributed by atoms with van der Waals surface area (Å²) in [6.45, 7) is 9.95. The molecule has 0 heterocycles. The summed E-state index contributed by atoms with van der Waals surface area (Å²) in [4.78, 5) is 12.5. The molecule has 1 aromatic carbocycles. The first kappa shape index (κ1) is 18.0. The Labute approximate surface area is 130 Å². The van der Waals surface area contributed by atoms with Crippen LogP contribution in [0.15, 0.2) is 23.1 Å². The van der Waals surface area contributed by atoms with Crippen LogP contribution in [0, 0.1) is 5.82 Å². The molecule has 0 aliphatic carbocycles. The maximum Gasteiger partial charge on any atom is 0.316 e. The average Bonchev–Trinajstić information content (AvgIpc) is 2.32. The minimum atomic E-state index is -0.498. The second kappa shape index (κ2) is 7.80. The number of esters is 1. The molecule has 5 heteroatoms. The summed E-state index contributed by atoms with van der Waals surface area (Å²) in [6.07, 6.45) is 0. The van der Waals surface area contributed by atoms with Crippen LogP contribution in [0.5, 0.6) is 0 Å². The van der Waals surface area contributed by atoms with Gasteiger partial charge in [0.2, 0.25) is 0 Å². The Balaban J connectivity index is 2.70. The Hall–Kier alpha value is -1.07. The fraction of sp³-hybridized carbons (Fsp3) is 0.562. The highest BCUT2D eigenvalue weighted by Crippen LogP contribution is 2.25. The summed E-state index contributed by atoms with van der Waals surface area (Å²) >= 11 is 1.31. The number of halogens is 1. The monoisotopic (exact) mass is 313 g/mol. The predicted molar refractivity (Wildman–Crippen MR) is 84.9 cm³/mol. The first-order valence-corrected chi connectivity index (χ1v) is 8.03. The molecule has 0 fully saturated rings. The van der Waals surface area contributed by atoms with E-state index in [1.807, 2.05) is 40.7 Å². The second-order valence-corrected chi connectivity index (χ2v) is 7.14. The lowest BCUT2D eigenvalue weighted by molar-refractivity contribution is -0.151. The quantitative estimate of drug-likeness (QED) is 0.641. The molecule has 0 saturated carbocycles. The fourth-order valence-corrected chi connectivity index (χ4v) is 2.51. The van der Waals surface area contributed by atoms with Crippen LogP contribution in [0.4, 0.5) is 4.39 Å². The van der Waals surface area contributed by atoms with Gasteiger partial charge in [-0.15, -0.1) is 11.8 Å². The van der Waals surface area contributed by atoms with Crippen molar-refractivity contribution in [1.29, 1.82) is 0 Å². The van der Waals surface area contributed by atoms with Crippen molar-refractivity contribution in [3.63, 3.8) is 0 Å². The number of rotatable bonds is 6. The topological polar surface area (TPSA) is 38.3 Å². The number of nitrogens with one attached hydrogen (secondary N) is 1. The zero-order valence-corrected chi connectivity index (χ0v) is 14.1. The molecule has 1 N–H and O–H groups in total. The van der Waals surface area contributed by atoms with E-state index < -0.39 is 5.60 Å². The van der Waals surface area contributed by atoms with E-state index in [9.17, 15) is 9.18 Å². The van der Waals surface area contributed by atoms with Crippen molar-refractivity contribution in [2.24, 2.45) is 0 Å². The molecule has 0 aliphatic rings. The van der Waals surface area contributed by atoms with E-state index in [1.165, 1.54) is 17.8 Å². The normalized spacial score (nSPS) is 11.8. The van der Waals surface area contributed by atoms with E-state index in [0.717, 1.165) is 4.90 Å². The minimum absolute atomic E-state index is 0.176. The molecule has 3 nitrogen and oxygen atoms in total. The summed E-state index contributed by atoms with van der Waals surface area (Å²) in [7, 11) is 0. The van der Waals surface area contributed by atoms with Gasteiger partial charge in [-0.3, -0.25) is 4.79 Å². The number of hydrogen-bond acceptors (Lipinski definition) is 4. The van der Waals surface area contributed by atoms with E-state index in [4.69, 9.17) is 4.74 Å². The number of thioether (sulfide) groups is 1. The lowest BCUT2D eigenvalue weighted by atomic mass is 10.2. The molecule has 0 bridgehead atoms. The molecule has 0 aromatic heterocycles. The standard InChI is InChI=1S/C16H24FNO2S/c1-11(2)18-9-12-13(17)7-6-8-14(12)21-10-15(19)20-16(3,4)5/h6-8,11,18H,9-10H2,1-5H3. The molecule has 0 saturated heterocycles. The summed E-state index contributed by atoms with van der Waals surface area (Å²) < 4.78 is 19.2. The molecule has 0 amide bonds. The lowest BCUT2D eigenvalue weighted by Crippen LogP contribution is -2.25. The van der Waals surface area contributed by atoms with Gasteiger partial charge >= 0.3 is 5.97 Å². The molecule has 0 aliphatic heterocycles. The zero-order valence-electron chi connectivity index (χ0n) is 13.3. The van der Waals surface area contributed by atoms with Gasteiger partial charge in [0, 0.05) is 23.0 Å². The Morgan fingerprint density at radius 2 is 2.05 bits per heavy atom. The largest absolute Gasteiger partial charge is 0.459 e. The summed E-state index contributed by atoms with van der Waals surface area (Å²) in [6, 6.07) is 5.20. The lowest BCUT2D eigenvalue weighted by Gasteiger charge is -2.19. The van der Waals surface area contributed by atoms with Gasteiger partial charge in [-0.1, -0.05) is 19.9 Å². The van der Waals surface area contributed by atoms with E-state index in [2.05, 4.69) is 5.32 Å².